The van der Waals surface area contributed by atoms with Gasteiger partial charge in [0.15, 0.2) is 11.5 Å². The summed E-state index contributed by atoms with van der Waals surface area (Å²) in [7, 11) is 3.27. The number of para-hydroxylation sites is 1. The van der Waals surface area contributed by atoms with Crippen molar-refractivity contribution in [2.24, 2.45) is 0 Å². The van der Waals surface area contributed by atoms with Gasteiger partial charge in [0.2, 0.25) is 0 Å². The number of methoxy groups -OCH3 is 2. The van der Waals surface area contributed by atoms with Crippen molar-refractivity contribution in [2.75, 3.05) is 20.8 Å². The molecule has 1 aromatic rings. The fraction of sp³-hybridized carbons (Fsp3) is 0.500. The van der Waals surface area contributed by atoms with Crippen LogP contribution in [0.2, 0.25) is 0 Å². The molecule has 2 atom stereocenters. The Bertz CT molecular complexity index is 475. The second kappa shape index (κ2) is 7.18. The topological polar surface area (TPSA) is 39.7 Å². The third-order valence-corrected chi connectivity index (χ3v) is 3.51. The summed E-state index contributed by atoms with van der Waals surface area (Å²) in [5.41, 5.74) is 1.02. The highest BCUT2D eigenvalue weighted by atomic mass is 16.5. The minimum atomic E-state index is -0.0755. The number of terminal acetylenes is 1. The number of benzene rings is 1. The fourth-order valence-electron chi connectivity index (χ4n) is 2.48. The summed E-state index contributed by atoms with van der Waals surface area (Å²) in [5, 5.41) is 3.36. The van der Waals surface area contributed by atoms with E-state index in [2.05, 4.69) is 11.2 Å². The molecule has 1 aliphatic rings. The first-order valence-electron chi connectivity index (χ1n) is 6.81. The molecular weight excluding hydrogens is 254 g/mol. The van der Waals surface area contributed by atoms with E-state index in [1.165, 1.54) is 0 Å². The van der Waals surface area contributed by atoms with Crippen LogP contribution in [-0.4, -0.2) is 33.0 Å². The van der Waals surface area contributed by atoms with Gasteiger partial charge in [-0.25, -0.2) is 0 Å². The lowest BCUT2D eigenvalue weighted by Crippen LogP contribution is -2.38. The van der Waals surface area contributed by atoms with Gasteiger partial charge in [0.05, 0.1) is 26.4 Å². The van der Waals surface area contributed by atoms with Gasteiger partial charge < -0.3 is 14.2 Å². The van der Waals surface area contributed by atoms with E-state index in [9.17, 15) is 0 Å². The molecule has 1 saturated heterocycles. The molecule has 0 aromatic heterocycles. The lowest BCUT2D eigenvalue weighted by Gasteiger charge is -2.20. The van der Waals surface area contributed by atoms with Crippen molar-refractivity contribution in [3.8, 4) is 23.8 Å². The molecular formula is C16H21NO3. The number of hydrogen-bond acceptors (Lipinski definition) is 4. The van der Waals surface area contributed by atoms with Gasteiger partial charge in [0.25, 0.3) is 0 Å². The zero-order valence-corrected chi connectivity index (χ0v) is 12.0. The highest BCUT2D eigenvalue weighted by molar-refractivity contribution is 5.46. The van der Waals surface area contributed by atoms with Crippen LogP contribution in [-0.2, 0) is 11.3 Å². The molecule has 1 aliphatic heterocycles. The predicted octanol–water partition coefficient (Wildman–Crippen LogP) is 1.97. The van der Waals surface area contributed by atoms with Gasteiger partial charge >= 0.3 is 0 Å². The predicted molar refractivity (Wildman–Crippen MR) is 78.0 cm³/mol. The van der Waals surface area contributed by atoms with E-state index in [1.807, 2.05) is 18.2 Å². The first kappa shape index (κ1) is 14.7. The summed E-state index contributed by atoms with van der Waals surface area (Å²) in [6.07, 6.45) is 7.79. The highest BCUT2D eigenvalue weighted by Crippen LogP contribution is 2.30. The molecule has 0 spiro atoms. The Kier molecular flexibility index (Phi) is 5.28. The summed E-state index contributed by atoms with van der Waals surface area (Å²) in [6, 6.07) is 5.74. The van der Waals surface area contributed by atoms with Crippen LogP contribution in [0.25, 0.3) is 0 Å². The van der Waals surface area contributed by atoms with Gasteiger partial charge in [-0.3, -0.25) is 5.32 Å². The molecule has 20 heavy (non-hydrogen) atoms. The van der Waals surface area contributed by atoms with Crippen molar-refractivity contribution < 1.29 is 14.2 Å². The van der Waals surface area contributed by atoms with Crippen LogP contribution >= 0.6 is 0 Å². The second-order valence-corrected chi connectivity index (χ2v) is 4.73. The lowest BCUT2D eigenvalue weighted by atomic mass is 10.1. The van der Waals surface area contributed by atoms with Crippen LogP contribution in [0.3, 0.4) is 0 Å². The van der Waals surface area contributed by atoms with Crippen molar-refractivity contribution in [1.82, 2.24) is 5.32 Å². The second-order valence-electron chi connectivity index (χ2n) is 4.73. The van der Waals surface area contributed by atoms with Crippen LogP contribution in [0, 0.1) is 12.3 Å². The van der Waals surface area contributed by atoms with Crippen molar-refractivity contribution in [2.45, 2.75) is 31.5 Å². The van der Waals surface area contributed by atoms with Crippen molar-refractivity contribution in [1.29, 1.82) is 0 Å². The molecule has 0 amide bonds. The average molecular weight is 275 g/mol. The Morgan fingerprint density at radius 2 is 2.30 bits per heavy atom. The third-order valence-electron chi connectivity index (χ3n) is 3.51. The summed E-state index contributed by atoms with van der Waals surface area (Å²) in [6.45, 7) is 1.42. The summed E-state index contributed by atoms with van der Waals surface area (Å²) in [4.78, 5) is 0. The van der Waals surface area contributed by atoms with E-state index in [-0.39, 0.29) is 12.1 Å². The number of ether oxygens (including phenoxy) is 3. The molecule has 4 nitrogen and oxygen atoms in total. The van der Waals surface area contributed by atoms with Crippen LogP contribution < -0.4 is 14.8 Å². The lowest BCUT2D eigenvalue weighted by molar-refractivity contribution is 0.0933. The molecule has 108 valence electrons. The van der Waals surface area contributed by atoms with Gasteiger partial charge in [0, 0.05) is 18.7 Å². The Hall–Kier alpha value is -1.70. The molecule has 1 aromatic carbocycles. The molecule has 2 rings (SSSR count). The van der Waals surface area contributed by atoms with E-state index < -0.39 is 0 Å². The Morgan fingerprint density at radius 1 is 1.45 bits per heavy atom. The van der Waals surface area contributed by atoms with Gasteiger partial charge in [-0.1, -0.05) is 18.1 Å². The van der Waals surface area contributed by atoms with E-state index in [0.29, 0.717) is 6.54 Å². The molecule has 1 fully saturated rings. The van der Waals surface area contributed by atoms with Crippen LogP contribution in [0.5, 0.6) is 11.5 Å². The molecule has 1 heterocycles. The monoisotopic (exact) mass is 275 g/mol. The third kappa shape index (κ3) is 3.24. The Balaban J connectivity index is 2.04. The van der Waals surface area contributed by atoms with Crippen molar-refractivity contribution in [3.05, 3.63) is 23.8 Å². The zero-order valence-electron chi connectivity index (χ0n) is 12.0. The highest BCUT2D eigenvalue weighted by Gasteiger charge is 2.24. The minimum absolute atomic E-state index is 0.0755. The number of hydrogen-bond donors (Lipinski definition) is 1. The van der Waals surface area contributed by atoms with Crippen LogP contribution in [0.4, 0.5) is 0 Å². The van der Waals surface area contributed by atoms with E-state index in [0.717, 1.165) is 36.5 Å². The molecule has 1 N–H and O–H groups in total. The fourth-order valence-corrected chi connectivity index (χ4v) is 2.48. The van der Waals surface area contributed by atoms with Gasteiger partial charge in [-0.2, -0.15) is 0 Å². The number of nitrogens with one attached hydrogen (secondary N) is 1. The van der Waals surface area contributed by atoms with E-state index in [1.54, 1.807) is 14.2 Å². The molecule has 0 aliphatic carbocycles. The summed E-state index contributed by atoms with van der Waals surface area (Å²) >= 11 is 0. The zero-order chi connectivity index (χ0) is 14.4. The normalized spacial score (nSPS) is 19.4. The summed E-state index contributed by atoms with van der Waals surface area (Å²) in [5.74, 6) is 4.24. The maximum atomic E-state index is 5.63. The van der Waals surface area contributed by atoms with Crippen molar-refractivity contribution >= 4 is 0 Å². The number of rotatable bonds is 6. The molecule has 0 radical (unpaired) electrons. The molecule has 0 saturated carbocycles. The van der Waals surface area contributed by atoms with E-state index >= 15 is 0 Å². The van der Waals surface area contributed by atoms with Crippen molar-refractivity contribution in [3.63, 3.8) is 0 Å². The summed E-state index contributed by atoms with van der Waals surface area (Å²) < 4.78 is 16.3. The quantitative estimate of drug-likeness (QED) is 0.806. The Labute approximate surface area is 120 Å². The van der Waals surface area contributed by atoms with Gasteiger partial charge in [0.1, 0.15) is 0 Å². The first-order chi connectivity index (χ1) is 9.80. The Morgan fingerprint density at radius 3 is 2.90 bits per heavy atom. The van der Waals surface area contributed by atoms with Gasteiger partial charge in [-0.05, 0) is 18.9 Å². The maximum Gasteiger partial charge on any atom is 0.165 e. The maximum absolute atomic E-state index is 5.63. The standard InChI is InChI=1S/C16H21NO3/c1-4-13(14-9-6-10-20-14)17-11-12-7-5-8-15(18-2)16(12)19-3/h1,5,7-8,13-14,17H,6,9-11H2,2-3H3/t13-,14+/m0/s1. The van der Waals surface area contributed by atoms with Crippen LogP contribution in [0.1, 0.15) is 18.4 Å². The van der Waals surface area contributed by atoms with Crippen LogP contribution in [0.15, 0.2) is 18.2 Å². The largest absolute Gasteiger partial charge is 0.493 e. The SMILES string of the molecule is C#C[C@H](NCc1cccc(OC)c1OC)[C@H]1CCCO1. The van der Waals surface area contributed by atoms with Gasteiger partial charge in [-0.15, -0.1) is 6.42 Å². The molecule has 0 bridgehead atoms. The minimum Gasteiger partial charge on any atom is -0.493 e. The molecule has 0 unspecified atom stereocenters. The van der Waals surface area contributed by atoms with E-state index in [4.69, 9.17) is 20.6 Å². The smallest absolute Gasteiger partial charge is 0.165 e. The first-order valence-corrected chi connectivity index (χ1v) is 6.81. The molecule has 4 heteroatoms. The average Bonchev–Trinajstić information content (AvgIpc) is 3.01.